The van der Waals surface area contributed by atoms with E-state index in [4.69, 9.17) is 28.4 Å². The zero-order valence-electron chi connectivity index (χ0n) is 28.5. The Morgan fingerprint density at radius 1 is 0.500 bits per heavy atom. The van der Waals surface area contributed by atoms with Crippen LogP contribution in [-0.2, 0) is 38.1 Å². The van der Waals surface area contributed by atoms with Gasteiger partial charge in [0.25, 0.3) is 0 Å². The summed E-state index contributed by atoms with van der Waals surface area (Å²) in [6.45, 7) is 6.99. The summed E-state index contributed by atoms with van der Waals surface area (Å²) >= 11 is 0. The van der Waals surface area contributed by atoms with E-state index in [0.717, 1.165) is 12.2 Å². The van der Waals surface area contributed by atoms with Crippen molar-refractivity contribution >= 4 is 47.4 Å². The molecule has 276 valence electrons. The van der Waals surface area contributed by atoms with Crippen LogP contribution in [0.25, 0.3) is 0 Å². The molecule has 0 radical (unpaired) electrons. The molecule has 0 saturated heterocycles. The van der Waals surface area contributed by atoms with Crippen LogP contribution in [0.2, 0.25) is 0 Å². The molecule has 2 aromatic carbocycles. The van der Waals surface area contributed by atoms with E-state index >= 15 is 0 Å². The minimum Gasteiger partial charge on any atom is -0.463 e. The Balaban J connectivity index is 1.37. The van der Waals surface area contributed by atoms with Crippen molar-refractivity contribution in [1.82, 2.24) is 0 Å². The molecule has 0 atom stereocenters. The molecule has 52 heavy (non-hydrogen) atoms. The summed E-state index contributed by atoms with van der Waals surface area (Å²) in [5.74, 6) is -4.71. The Bertz CT molecular complexity index is 1490. The lowest BCUT2D eigenvalue weighted by molar-refractivity contribution is -0.138. The van der Waals surface area contributed by atoms with Crippen LogP contribution in [0.1, 0.15) is 72.1 Å². The summed E-state index contributed by atoms with van der Waals surface area (Å²) in [4.78, 5) is 97.5. The maximum absolute atomic E-state index is 13.0. The van der Waals surface area contributed by atoms with Crippen LogP contribution in [-0.4, -0.2) is 73.8 Å². The summed E-state index contributed by atoms with van der Waals surface area (Å²) in [7, 11) is 0. The molecular weight excluding hydrogens is 680 g/mol. The van der Waals surface area contributed by atoms with Crippen LogP contribution in [0, 0.1) is 11.8 Å². The van der Waals surface area contributed by atoms with Gasteiger partial charge in [-0.15, -0.1) is 0 Å². The van der Waals surface area contributed by atoms with Gasteiger partial charge in [0.1, 0.15) is 11.5 Å². The summed E-state index contributed by atoms with van der Waals surface area (Å²) in [5, 5.41) is 0. The number of carbonyl (C=O) groups excluding carboxylic acids is 8. The SMILES string of the molecule is C=CC(=O)OCCCCOC(=O)Oc1ccc(C(=O)C(=O)C2CCC(C(=O)C(=O)c3ccc(OC(=O)OCCCCOC(=O)C=C)cc3)CC2)cc1. The first-order valence-corrected chi connectivity index (χ1v) is 16.7. The van der Waals surface area contributed by atoms with Gasteiger partial charge in [-0.3, -0.25) is 19.2 Å². The van der Waals surface area contributed by atoms with E-state index in [1.165, 1.54) is 48.5 Å². The maximum atomic E-state index is 13.0. The third-order valence-corrected chi connectivity index (χ3v) is 7.89. The first-order chi connectivity index (χ1) is 25.0. The second-order valence-corrected chi connectivity index (χ2v) is 11.5. The third-order valence-electron chi connectivity index (χ3n) is 7.89. The highest BCUT2D eigenvalue weighted by atomic mass is 16.7. The molecule has 0 heterocycles. The second kappa shape index (κ2) is 21.3. The van der Waals surface area contributed by atoms with Gasteiger partial charge >= 0.3 is 24.2 Å². The molecule has 1 saturated carbocycles. The molecule has 0 aliphatic heterocycles. The summed E-state index contributed by atoms with van der Waals surface area (Å²) in [6, 6.07) is 10.9. The predicted molar refractivity (Wildman–Crippen MR) is 182 cm³/mol. The molecule has 0 amide bonds. The van der Waals surface area contributed by atoms with Crippen LogP contribution >= 0.6 is 0 Å². The smallest absolute Gasteiger partial charge is 0.463 e. The van der Waals surface area contributed by atoms with Crippen LogP contribution in [0.3, 0.4) is 0 Å². The van der Waals surface area contributed by atoms with Gasteiger partial charge < -0.3 is 28.4 Å². The van der Waals surface area contributed by atoms with Crippen molar-refractivity contribution in [3.8, 4) is 11.5 Å². The average molecular weight is 721 g/mol. The molecule has 0 bridgehead atoms. The second-order valence-electron chi connectivity index (χ2n) is 11.5. The number of hydrogen-bond donors (Lipinski definition) is 0. The molecule has 0 N–H and O–H groups in total. The van der Waals surface area contributed by atoms with Gasteiger partial charge in [-0.1, -0.05) is 13.2 Å². The van der Waals surface area contributed by atoms with E-state index in [1.54, 1.807) is 0 Å². The maximum Gasteiger partial charge on any atom is 0.513 e. The standard InChI is InChI=1S/C38H40O14/c1-3-31(39)47-21-5-7-23-49-37(45)51-29-17-13-27(14-18-29)35(43)33(41)25-9-11-26(12-10-25)34(42)36(44)28-15-19-30(20-16-28)52-38(46)50-24-8-6-22-48-32(40)4-2/h3-4,13-20,25-26H,1-2,5-12,21-24H2. The van der Waals surface area contributed by atoms with Gasteiger partial charge in [0, 0.05) is 35.1 Å². The number of ketones is 4. The average Bonchev–Trinajstić information content (AvgIpc) is 3.16. The number of rotatable bonds is 20. The number of unbranched alkanes of at least 4 members (excludes halogenated alkanes) is 2. The lowest BCUT2D eigenvalue weighted by Gasteiger charge is -2.26. The number of Topliss-reactive ketones (excluding diaryl/α,β-unsaturated/α-hetero) is 4. The van der Waals surface area contributed by atoms with Crippen molar-refractivity contribution in [1.29, 1.82) is 0 Å². The van der Waals surface area contributed by atoms with Crippen molar-refractivity contribution in [2.45, 2.75) is 51.4 Å². The van der Waals surface area contributed by atoms with Gasteiger partial charge in [-0.25, -0.2) is 19.2 Å². The van der Waals surface area contributed by atoms with E-state index in [0.29, 0.717) is 25.7 Å². The van der Waals surface area contributed by atoms with E-state index in [2.05, 4.69) is 13.2 Å². The molecule has 1 aliphatic rings. The van der Waals surface area contributed by atoms with Crippen molar-refractivity contribution in [2.75, 3.05) is 26.4 Å². The summed E-state index contributed by atoms with van der Waals surface area (Å²) < 4.78 is 29.7. The van der Waals surface area contributed by atoms with Gasteiger partial charge in [-0.2, -0.15) is 0 Å². The molecule has 14 nitrogen and oxygen atoms in total. The van der Waals surface area contributed by atoms with Crippen LogP contribution in [0.4, 0.5) is 9.59 Å². The first-order valence-electron chi connectivity index (χ1n) is 16.7. The molecule has 0 unspecified atom stereocenters. The number of carbonyl (C=O) groups is 8. The Morgan fingerprint density at radius 2 is 0.808 bits per heavy atom. The van der Waals surface area contributed by atoms with Gasteiger partial charge in [0.2, 0.25) is 23.1 Å². The van der Waals surface area contributed by atoms with Crippen molar-refractivity contribution in [3.63, 3.8) is 0 Å². The fraction of sp³-hybridized carbons (Fsp3) is 0.368. The molecule has 0 spiro atoms. The third kappa shape index (κ3) is 13.4. The quantitative estimate of drug-likeness (QED) is 0.0305. The van der Waals surface area contributed by atoms with E-state index in [1.807, 2.05) is 0 Å². The zero-order chi connectivity index (χ0) is 37.9. The Morgan fingerprint density at radius 3 is 1.12 bits per heavy atom. The normalized spacial score (nSPS) is 14.8. The number of ether oxygens (including phenoxy) is 6. The predicted octanol–water partition coefficient (Wildman–Crippen LogP) is 5.75. The van der Waals surface area contributed by atoms with Crippen molar-refractivity contribution < 1.29 is 66.8 Å². The minimum atomic E-state index is -0.956. The van der Waals surface area contributed by atoms with Gasteiger partial charge in [-0.05, 0) is 99.9 Å². The Hall–Kier alpha value is -5.92. The fourth-order valence-corrected chi connectivity index (χ4v) is 5.06. The van der Waals surface area contributed by atoms with Crippen LogP contribution in [0.15, 0.2) is 73.8 Å². The fourth-order valence-electron chi connectivity index (χ4n) is 5.06. The Kier molecular flexibility index (Phi) is 16.6. The molecular formula is C38H40O14. The topological polar surface area (TPSA) is 192 Å². The number of hydrogen-bond acceptors (Lipinski definition) is 14. The highest BCUT2D eigenvalue weighted by molar-refractivity contribution is 6.45. The van der Waals surface area contributed by atoms with Gasteiger partial charge in [0.05, 0.1) is 26.4 Å². The lowest BCUT2D eigenvalue weighted by Crippen LogP contribution is -2.32. The van der Waals surface area contributed by atoms with Crippen molar-refractivity contribution in [3.05, 3.63) is 85.0 Å². The highest BCUT2D eigenvalue weighted by Gasteiger charge is 2.35. The summed E-state index contributed by atoms with van der Waals surface area (Å²) in [5.41, 5.74) is 0.218. The highest BCUT2D eigenvalue weighted by Crippen LogP contribution is 2.32. The lowest BCUT2D eigenvalue weighted by atomic mass is 9.76. The van der Waals surface area contributed by atoms with Crippen LogP contribution in [0.5, 0.6) is 11.5 Å². The largest absolute Gasteiger partial charge is 0.513 e. The monoisotopic (exact) mass is 720 g/mol. The summed E-state index contributed by atoms with van der Waals surface area (Å²) in [6.07, 6.45) is 3.05. The minimum absolute atomic E-state index is 0.0440. The number of benzene rings is 2. The molecule has 1 fully saturated rings. The van der Waals surface area contributed by atoms with Gasteiger partial charge in [0.15, 0.2) is 0 Å². The molecule has 1 aliphatic carbocycles. The van der Waals surface area contributed by atoms with Crippen LogP contribution < -0.4 is 9.47 Å². The molecule has 3 rings (SSSR count). The molecule has 14 heteroatoms. The van der Waals surface area contributed by atoms with E-state index in [-0.39, 0.29) is 74.7 Å². The van der Waals surface area contributed by atoms with E-state index < -0.39 is 59.2 Å². The molecule has 0 aromatic heterocycles. The number of esters is 2. The molecule has 2 aromatic rings. The first kappa shape index (κ1) is 40.5. The Labute approximate surface area is 300 Å². The zero-order valence-corrected chi connectivity index (χ0v) is 28.5. The van der Waals surface area contributed by atoms with E-state index in [9.17, 15) is 38.4 Å². The van der Waals surface area contributed by atoms with Crippen molar-refractivity contribution in [2.24, 2.45) is 11.8 Å².